The summed E-state index contributed by atoms with van der Waals surface area (Å²) in [5, 5.41) is 8.95. The Hall–Kier alpha value is -2.57. The maximum absolute atomic E-state index is 12.2. The molecule has 1 saturated heterocycles. The van der Waals surface area contributed by atoms with Crippen LogP contribution in [0.3, 0.4) is 0 Å². The fourth-order valence-electron chi connectivity index (χ4n) is 2.92. The number of para-hydroxylation sites is 2. The van der Waals surface area contributed by atoms with Gasteiger partial charge in [0.1, 0.15) is 5.75 Å². The van der Waals surface area contributed by atoms with Crippen molar-refractivity contribution in [3.05, 3.63) is 60.2 Å². The average Bonchev–Trinajstić information content (AvgIpc) is 2.72. The van der Waals surface area contributed by atoms with Crippen molar-refractivity contribution in [2.45, 2.75) is 18.9 Å². The van der Waals surface area contributed by atoms with Crippen molar-refractivity contribution in [1.29, 1.82) is 0 Å². The Kier molecular flexibility index (Phi) is 7.50. The van der Waals surface area contributed by atoms with Gasteiger partial charge in [-0.25, -0.2) is 4.79 Å². The number of carbonyl (C=O) groups is 1. The molecule has 3 N–H and O–H groups in total. The van der Waals surface area contributed by atoms with Crippen LogP contribution in [-0.4, -0.2) is 45.0 Å². The number of ether oxygens (including phenoxy) is 2. The van der Waals surface area contributed by atoms with Crippen molar-refractivity contribution < 1.29 is 14.3 Å². The minimum atomic E-state index is -0.260. The molecule has 1 aliphatic rings. The molecule has 144 valence electrons. The van der Waals surface area contributed by atoms with Crippen LogP contribution in [0.1, 0.15) is 12.0 Å². The van der Waals surface area contributed by atoms with Crippen molar-refractivity contribution >= 4 is 11.7 Å². The second-order valence-corrected chi connectivity index (χ2v) is 6.47. The first-order valence-electron chi connectivity index (χ1n) is 9.44. The van der Waals surface area contributed by atoms with Crippen molar-refractivity contribution in [2.75, 3.05) is 38.2 Å². The molecule has 0 bridgehead atoms. The van der Waals surface area contributed by atoms with E-state index in [0.29, 0.717) is 31.2 Å². The molecule has 1 fully saturated rings. The lowest BCUT2D eigenvalue weighted by atomic mass is 10.1. The van der Waals surface area contributed by atoms with Crippen LogP contribution >= 0.6 is 0 Å². The zero-order valence-electron chi connectivity index (χ0n) is 15.4. The second kappa shape index (κ2) is 10.5. The molecule has 27 heavy (non-hydrogen) atoms. The number of morpholine rings is 1. The number of hydrogen-bond acceptors (Lipinski definition) is 4. The minimum Gasteiger partial charge on any atom is -0.491 e. The molecule has 2 aromatic carbocycles. The Bertz CT molecular complexity index is 703. The van der Waals surface area contributed by atoms with Crippen LogP contribution in [0.2, 0.25) is 0 Å². The summed E-state index contributed by atoms with van der Waals surface area (Å²) in [6.07, 6.45) is 1.89. The summed E-state index contributed by atoms with van der Waals surface area (Å²) in [6, 6.07) is 17.6. The van der Waals surface area contributed by atoms with Gasteiger partial charge >= 0.3 is 6.03 Å². The number of urea groups is 1. The highest BCUT2D eigenvalue weighted by Crippen LogP contribution is 2.23. The van der Waals surface area contributed by atoms with Gasteiger partial charge < -0.3 is 25.4 Å². The topological polar surface area (TPSA) is 71.6 Å². The maximum atomic E-state index is 12.2. The fourth-order valence-corrected chi connectivity index (χ4v) is 2.92. The molecular formula is C21H27N3O3. The lowest BCUT2D eigenvalue weighted by molar-refractivity contribution is 0.0310. The Morgan fingerprint density at radius 2 is 1.96 bits per heavy atom. The van der Waals surface area contributed by atoms with E-state index in [9.17, 15) is 4.79 Å². The van der Waals surface area contributed by atoms with Gasteiger partial charge in [0.25, 0.3) is 0 Å². The van der Waals surface area contributed by atoms with Gasteiger partial charge in [-0.05, 0) is 30.5 Å². The number of aryl methyl sites for hydroxylation is 1. The number of rotatable bonds is 8. The molecule has 0 aromatic heterocycles. The third kappa shape index (κ3) is 6.58. The molecule has 0 aliphatic carbocycles. The van der Waals surface area contributed by atoms with Crippen LogP contribution < -0.4 is 20.7 Å². The van der Waals surface area contributed by atoms with Gasteiger partial charge in [0.05, 0.1) is 25.0 Å². The van der Waals surface area contributed by atoms with Gasteiger partial charge in [0, 0.05) is 19.6 Å². The summed E-state index contributed by atoms with van der Waals surface area (Å²) in [6.45, 7) is 3.35. The second-order valence-electron chi connectivity index (χ2n) is 6.47. The van der Waals surface area contributed by atoms with Gasteiger partial charge in [-0.3, -0.25) is 0 Å². The number of benzene rings is 2. The maximum Gasteiger partial charge on any atom is 0.319 e. The molecule has 1 atom stereocenters. The third-order valence-electron chi connectivity index (χ3n) is 4.34. The van der Waals surface area contributed by atoms with Gasteiger partial charge in [-0.1, -0.05) is 42.5 Å². The first-order valence-corrected chi connectivity index (χ1v) is 9.44. The van der Waals surface area contributed by atoms with Crippen LogP contribution in [0.15, 0.2) is 54.6 Å². The summed E-state index contributed by atoms with van der Waals surface area (Å²) in [7, 11) is 0. The van der Waals surface area contributed by atoms with E-state index >= 15 is 0 Å². The first kappa shape index (κ1) is 19.2. The molecule has 0 radical (unpaired) electrons. The zero-order chi connectivity index (χ0) is 18.7. The van der Waals surface area contributed by atoms with E-state index < -0.39 is 0 Å². The molecule has 1 heterocycles. The highest BCUT2D eigenvalue weighted by atomic mass is 16.5. The van der Waals surface area contributed by atoms with E-state index in [1.807, 2.05) is 42.5 Å². The molecule has 2 aromatic rings. The Labute approximate surface area is 160 Å². The van der Waals surface area contributed by atoms with Crippen LogP contribution in [0.5, 0.6) is 5.75 Å². The number of carbonyl (C=O) groups excluding carboxylic acids is 1. The Morgan fingerprint density at radius 1 is 1.15 bits per heavy atom. The predicted octanol–water partition coefficient (Wildman–Crippen LogP) is 2.81. The normalized spacial score (nSPS) is 16.5. The molecule has 1 aliphatic heterocycles. The van der Waals surface area contributed by atoms with Gasteiger partial charge in [-0.15, -0.1) is 0 Å². The van der Waals surface area contributed by atoms with E-state index in [1.165, 1.54) is 5.56 Å². The lowest BCUT2D eigenvalue weighted by Crippen LogP contribution is -2.46. The largest absolute Gasteiger partial charge is 0.491 e. The molecule has 6 nitrogen and oxygen atoms in total. The number of anilines is 1. The van der Waals surface area contributed by atoms with E-state index in [2.05, 4.69) is 28.1 Å². The summed E-state index contributed by atoms with van der Waals surface area (Å²) in [5.74, 6) is 0.677. The van der Waals surface area contributed by atoms with E-state index in [1.54, 1.807) is 0 Å². The minimum absolute atomic E-state index is 0.00832. The molecule has 6 heteroatoms. The highest BCUT2D eigenvalue weighted by molar-refractivity contribution is 5.90. The van der Waals surface area contributed by atoms with Crippen LogP contribution in [0.25, 0.3) is 0 Å². The van der Waals surface area contributed by atoms with Gasteiger partial charge in [0.15, 0.2) is 0 Å². The van der Waals surface area contributed by atoms with Crippen LogP contribution in [0, 0.1) is 0 Å². The predicted molar refractivity (Wildman–Crippen MR) is 106 cm³/mol. The van der Waals surface area contributed by atoms with Crippen LogP contribution in [-0.2, 0) is 11.2 Å². The lowest BCUT2D eigenvalue weighted by Gasteiger charge is -2.23. The summed E-state index contributed by atoms with van der Waals surface area (Å²) < 4.78 is 11.5. The van der Waals surface area contributed by atoms with E-state index in [4.69, 9.17) is 9.47 Å². The number of nitrogens with one attached hydrogen (secondary N) is 3. The van der Waals surface area contributed by atoms with Gasteiger partial charge in [0.2, 0.25) is 0 Å². The Morgan fingerprint density at radius 3 is 2.78 bits per heavy atom. The van der Waals surface area contributed by atoms with Gasteiger partial charge in [-0.2, -0.15) is 0 Å². The number of hydrogen-bond donors (Lipinski definition) is 3. The molecule has 1 unspecified atom stereocenters. The smallest absolute Gasteiger partial charge is 0.319 e. The summed E-state index contributed by atoms with van der Waals surface area (Å²) >= 11 is 0. The molecular weight excluding hydrogens is 342 g/mol. The fraction of sp³-hybridized carbons (Fsp3) is 0.381. The van der Waals surface area contributed by atoms with Crippen molar-refractivity contribution in [2.24, 2.45) is 0 Å². The third-order valence-corrected chi connectivity index (χ3v) is 4.34. The van der Waals surface area contributed by atoms with E-state index in [0.717, 1.165) is 25.9 Å². The van der Waals surface area contributed by atoms with Crippen molar-refractivity contribution in [1.82, 2.24) is 10.6 Å². The van der Waals surface area contributed by atoms with Crippen molar-refractivity contribution in [3.63, 3.8) is 0 Å². The first-order chi connectivity index (χ1) is 13.3. The molecule has 0 spiro atoms. The van der Waals surface area contributed by atoms with Crippen LogP contribution in [0.4, 0.5) is 10.5 Å². The quantitative estimate of drug-likeness (QED) is 0.626. The Balaban J connectivity index is 1.43. The van der Waals surface area contributed by atoms with E-state index in [-0.39, 0.29) is 12.1 Å². The molecule has 0 saturated carbocycles. The standard InChI is InChI=1S/C21H27N3O3/c25-21(23-16-18-15-22-12-14-26-18)24-19-10-4-5-11-20(19)27-13-6-9-17-7-2-1-3-8-17/h1-5,7-8,10-11,18,22H,6,9,12-16H2,(H2,23,24,25). The average molecular weight is 369 g/mol. The summed E-state index contributed by atoms with van der Waals surface area (Å²) in [5.41, 5.74) is 1.96. The summed E-state index contributed by atoms with van der Waals surface area (Å²) in [4.78, 5) is 12.2. The zero-order valence-corrected chi connectivity index (χ0v) is 15.4. The van der Waals surface area contributed by atoms with Crippen molar-refractivity contribution in [3.8, 4) is 5.75 Å². The molecule has 2 amide bonds. The SMILES string of the molecule is O=C(NCC1CNCCO1)Nc1ccccc1OCCCc1ccccc1. The highest BCUT2D eigenvalue weighted by Gasteiger charge is 2.14. The monoisotopic (exact) mass is 369 g/mol. The number of amides is 2. The molecule has 3 rings (SSSR count).